The van der Waals surface area contributed by atoms with Gasteiger partial charge in [0.2, 0.25) is 10.0 Å². The molecule has 84 valence electrons. The lowest BCUT2D eigenvalue weighted by molar-refractivity contribution is 0.607. The zero-order chi connectivity index (χ0) is 10.2. The van der Waals surface area contributed by atoms with Gasteiger partial charge in [-0.1, -0.05) is 6.07 Å². The summed E-state index contributed by atoms with van der Waals surface area (Å²) in [6, 6.07) is 5.60. The minimum atomic E-state index is -3.17. The summed E-state index contributed by atoms with van der Waals surface area (Å²) in [5, 5.41) is 3.20. The van der Waals surface area contributed by atoms with Crippen LogP contribution in [-0.2, 0) is 23.1 Å². The van der Waals surface area contributed by atoms with Crippen LogP contribution >= 0.6 is 12.4 Å². The van der Waals surface area contributed by atoms with Crippen molar-refractivity contribution < 1.29 is 8.42 Å². The number of fused-ring (bicyclic) bond motifs is 1. The molecule has 0 aliphatic carbocycles. The predicted molar refractivity (Wildman–Crippen MR) is 62.7 cm³/mol. The second-order valence-electron chi connectivity index (χ2n) is 3.46. The molecule has 0 radical (unpaired) electrons. The van der Waals surface area contributed by atoms with Crippen LogP contribution in [-0.4, -0.2) is 14.7 Å². The van der Waals surface area contributed by atoms with Crippen molar-refractivity contribution in [1.82, 2.24) is 5.32 Å². The number of rotatable bonds is 2. The van der Waals surface area contributed by atoms with Crippen LogP contribution in [0.25, 0.3) is 0 Å². The van der Waals surface area contributed by atoms with E-state index in [-0.39, 0.29) is 12.4 Å². The van der Waals surface area contributed by atoms with Crippen LogP contribution in [0.1, 0.15) is 11.1 Å². The highest BCUT2D eigenvalue weighted by Gasteiger charge is 2.11. The maximum atomic E-state index is 11.0. The topological polar surface area (TPSA) is 58.2 Å². The van der Waals surface area contributed by atoms with Crippen LogP contribution in [0.2, 0.25) is 0 Å². The molecule has 1 heterocycles. The lowest BCUT2D eigenvalue weighted by atomic mass is 10.1. The molecule has 15 heavy (non-hydrogen) atoms. The lowest BCUT2D eigenvalue weighted by Crippen LogP contribution is -2.09. The number of anilines is 1. The van der Waals surface area contributed by atoms with Crippen LogP contribution in [0.15, 0.2) is 18.2 Å². The summed E-state index contributed by atoms with van der Waals surface area (Å²) in [5.74, 6) is 0. The molecule has 1 aromatic rings. The highest BCUT2D eigenvalue weighted by molar-refractivity contribution is 7.92. The number of benzene rings is 1. The Kier molecular flexibility index (Phi) is 3.59. The van der Waals surface area contributed by atoms with Crippen molar-refractivity contribution in [3.05, 3.63) is 29.3 Å². The van der Waals surface area contributed by atoms with Gasteiger partial charge in [-0.2, -0.15) is 0 Å². The maximum Gasteiger partial charge on any atom is 0.229 e. The van der Waals surface area contributed by atoms with Crippen molar-refractivity contribution in [3.63, 3.8) is 0 Å². The average Bonchev–Trinajstić information content (AvgIpc) is 2.47. The summed E-state index contributed by atoms with van der Waals surface area (Å²) in [5.41, 5.74) is 3.04. The fourth-order valence-electron chi connectivity index (χ4n) is 1.57. The van der Waals surface area contributed by atoms with Gasteiger partial charge < -0.3 is 5.32 Å². The lowest BCUT2D eigenvalue weighted by Gasteiger charge is -2.05. The molecule has 0 aromatic heterocycles. The van der Waals surface area contributed by atoms with Crippen LogP contribution in [0.3, 0.4) is 0 Å². The summed E-state index contributed by atoms with van der Waals surface area (Å²) in [4.78, 5) is 0. The van der Waals surface area contributed by atoms with Crippen LogP contribution in [0, 0.1) is 0 Å². The van der Waals surface area contributed by atoms with Crippen molar-refractivity contribution in [3.8, 4) is 0 Å². The first-order chi connectivity index (χ1) is 6.54. The number of hydrogen-bond donors (Lipinski definition) is 2. The number of nitrogens with one attached hydrogen (secondary N) is 2. The van der Waals surface area contributed by atoms with E-state index in [0.717, 1.165) is 19.3 Å². The zero-order valence-corrected chi connectivity index (χ0v) is 9.91. The molecule has 0 saturated heterocycles. The molecule has 2 N–H and O–H groups in total. The fourth-order valence-corrected chi connectivity index (χ4v) is 2.13. The fraction of sp³-hybridized carbons (Fsp3) is 0.333. The molecule has 1 aliphatic rings. The number of hydrogen-bond acceptors (Lipinski definition) is 3. The monoisotopic (exact) mass is 248 g/mol. The minimum Gasteiger partial charge on any atom is -0.309 e. The Morgan fingerprint density at radius 3 is 2.60 bits per heavy atom. The molecule has 6 heteroatoms. The van der Waals surface area contributed by atoms with Crippen LogP contribution < -0.4 is 10.0 Å². The quantitative estimate of drug-likeness (QED) is 0.824. The van der Waals surface area contributed by atoms with E-state index in [1.165, 1.54) is 11.1 Å². The largest absolute Gasteiger partial charge is 0.309 e. The first-order valence-electron chi connectivity index (χ1n) is 4.35. The molecule has 4 nitrogen and oxygen atoms in total. The molecule has 0 spiro atoms. The van der Waals surface area contributed by atoms with Crippen LogP contribution in [0.5, 0.6) is 0 Å². The Hall–Kier alpha value is -0.780. The summed E-state index contributed by atoms with van der Waals surface area (Å²) in [6.45, 7) is 1.68. The standard InChI is InChI=1S/C9H12N2O2S.ClH/c1-14(12,13)11-9-3-2-7-5-10-6-8(7)4-9;/h2-4,10-11H,5-6H2,1H3;1H. The van der Waals surface area contributed by atoms with Gasteiger partial charge in [0.05, 0.1) is 6.26 Å². The Morgan fingerprint density at radius 2 is 1.93 bits per heavy atom. The summed E-state index contributed by atoms with van der Waals surface area (Å²) in [6.07, 6.45) is 1.15. The van der Waals surface area contributed by atoms with E-state index in [1.54, 1.807) is 6.07 Å². The van der Waals surface area contributed by atoms with Gasteiger partial charge in [0.1, 0.15) is 0 Å². The van der Waals surface area contributed by atoms with Crippen molar-refractivity contribution in [2.45, 2.75) is 13.1 Å². The first kappa shape index (κ1) is 12.3. The zero-order valence-electron chi connectivity index (χ0n) is 8.28. The highest BCUT2D eigenvalue weighted by atomic mass is 35.5. The van der Waals surface area contributed by atoms with E-state index >= 15 is 0 Å². The molecule has 0 amide bonds. The second kappa shape index (κ2) is 4.38. The molecular weight excluding hydrogens is 236 g/mol. The van der Waals surface area contributed by atoms with E-state index in [2.05, 4.69) is 10.0 Å². The molecule has 0 bridgehead atoms. The van der Waals surface area contributed by atoms with Gasteiger partial charge in [0, 0.05) is 18.8 Å². The molecule has 0 atom stereocenters. The van der Waals surface area contributed by atoms with Gasteiger partial charge >= 0.3 is 0 Å². The minimum absolute atomic E-state index is 0. The smallest absolute Gasteiger partial charge is 0.229 e. The SMILES string of the molecule is CS(=O)(=O)Nc1ccc2c(c1)CNC2.Cl. The van der Waals surface area contributed by atoms with Gasteiger partial charge in [0.25, 0.3) is 0 Å². The van der Waals surface area contributed by atoms with Crippen molar-refractivity contribution in [2.24, 2.45) is 0 Å². The highest BCUT2D eigenvalue weighted by Crippen LogP contribution is 2.20. The van der Waals surface area contributed by atoms with Crippen molar-refractivity contribution in [1.29, 1.82) is 0 Å². The molecule has 2 rings (SSSR count). The third kappa shape index (κ3) is 3.09. The van der Waals surface area contributed by atoms with Crippen molar-refractivity contribution in [2.75, 3.05) is 11.0 Å². The molecule has 1 aliphatic heterocycles. The molecule has 1 aromatic carbocycles. The van der Waals surface area contributed by atoms with E-state index in [0.29, 0.717) is 5.69 Å². The summed E-state index contributed by atoms with van der Waals surface area (Å²) < 4.78 is 24.4. The Labute approximate surface area is 95.5 Å². The van der Waals surface area contributed by atoms with E-state index in [9.17, 15) is 8.42 Å². The number of sulfonamides is 1. The average molecular weight is 249 g/mol. The second-order valence-corrected chi connectivity index (χ2v) is 5.21. The van der Waals surface area contributed by atoms with Gasteiger partial charge in [-0.3, -0.25) is 4.72 Å². The third-order valence-electron chi connectivity index (χ3n) is 2.14. The normalized spacial score (nSPS) is 14.2. The van der Waals surface area contributed by atoms with E-state index in [4.69, 9.17) is 0 Å². The predicted octanol–water partition coefficient (Wildman–Crippen LogP) is 1.08. The van der Waals surface area contributed by atoms with Gasteiger partial charge in [-0.05, 0) is 23.3 Å². The maximum absolute atomic E-state index is 11.0. The van der Waals surface area contributed by atoms with Crippen LogP contribution in [0.4, 0.5) is 5.69 Å². The summed E-state index contributed by atoms with van der Waals surface area (Å²) >= 11 is 0. The Balaban J connectivity index is 0.00000112. The van der Waals surface area contributed by atoms with E-state index in [1.807, 2.05) is 12.1 Å². The third-order valence-corrected chi connectivity index (χ3v) is 2.75. The van der Waals surface area contributed by atoms with Gasteiger partial charge in [-0.15, -0.1) is 12.4 Å². The first-order valence-corrected chi connectivity index (χ1v) is 6.24. The molecule has 0 fully saturated rings. The van der Waals surface area contributed by atoms with Crippen molar-refractivity contribution >= 4 is 28.1 Å². The molecule has 0 saturated carbocycles. The molecular formula is C9H13ClN2O2S. The Morgan fingerprint density at radius 1 is 1.27 bits per heavy atom. The van der Waals surface area contributed by atoms with Gasteiger partial charge in [-0.25, -0.2) is 8.42 Å². The summed E-state index contributed by atoms with van der Waals surface area (Å²) in [7, 11) is -3.17. The molecule has 0 unspecified atom stereocenters. The number of halogens is 1. The Bertz CT molecular complexity index is 459. The van der Waals surface area contributed by atoms with Gasteiger partial charge in [0.15, 0.2) is 0 Å². The van der Waals surface area contributed by atoms with E-state index < -0.39 is 10.0 Å².